The molecule has 2 N–H and O–H groups in total. The predicted octanol–water partition coefficient (Wildman–Crippen LogP) is 0.912. The molecule has 0 saturated carbocycles. The van der Waals surface area contributed by atoms with E-state index in [0.29, 0.717) is 24.9 Å². The van der Waals surface area contributed by atoms with Gasteiger partial charge in [-0.15, -0.1) is 0 Å². The van der Waals surface area contributed by atoms with Crippen molar-refractivity contribution in [2.45, 2.75) is 36.2 Å². The molecule has 2 heterocycles. The molecule has 0 radical (unpaired) electrons. The van der Waals surface area contributed by atoms with Crippen molar-refractivity contribution < 1.29 is 17.6 Å². The third-order valence-corrected chi connectivity index (χ3v) is 5.86. The van der Waals surface area contributed by atoms with Crippen LogP contribution in [0.1, 0.15) is 30.9 Å². The minimum absolute atomic E-state index is 0.0115. The van der Waals surface area contributed by atoms with E-state index in [2.05, 4.69) is 10.6 Å². The van der Waals surface area contributed by atoms with Crippen LogP contribution in [0.2, 0.25) is 0 Å². The predicted molar refractivity (Wildman–Crippen MR) is 75.0 cm³/mol. The lowest BCUT2D eigenvalue weighted by Gasteiger charge is -2.31. The third-order valence-electron chi connectivity index (χ3n) is 4.05. The molecular weight excluding hydrogens is 295 g/mol. The van der Waals surface area contributed by atoms with Gasteiger partial charge < -0.3 is 5.32 Å². The zero-order valence-corrected chi connectivity index (χ0v) is 12.2. The number of piperidine rings is 1. The molecule has 1 amide bonds. The summed E-state index contributed by atoms with van der Waals surface area (Å²) in [5, 5.41) is 5.97. The largest absolute Gasteiger partial charge is 0.355 e. The molecule has 0 spiro atoms. The maximum atomic E-state index is 13.5. The number of nitrogens with one attached hydrogen (secondary N) is 2. The lowest BCUT2D eigenvalue weighted by Crippen LogP contribution is -2.50. The lowest BCUT2D eigenvalue weighted by molar-refractivity contribution is -0.124. The highest BCUT2D eigenvalue weighted by Crippen LogP contribution is 2.33. The zero-order chi connectivity index (χ0) is 15.0. The molecule has 0 bridgehead atoms. The number of hydrogen-bond acceptors (Lipinski definition) is 4. The topological polar surface area (TPSA) is 75.3 Å². The second kappa shape index (κ2) is 5.38. The molecule has 2 atom stereocenters. The number of carbonyl (C=O) groups excluding carboxylic acids is 1. The highest BCUT2D eigenvalue weighted by Gasteiger charge is 2.33. The van der Waals surface area contributed by atoms with Gasteiger partial charge in [0, 0.05) is 12.6 Å². The summed E-state index contributed by atoms with van der Waals surface area (Å²) in [6.45, 7) is 0.668. The van der Waals surface area contributed by atoms with Gasteiger partial charge in [0.25, 0.3) is 0 Å². The van der Waals surface area contributed by atoms with Gasteiger partial charge in [0.2, 0.25) is 5.91 Å². The van der Waals surface area contributed by atoms with Gasteiger partial charge in [0.1, 0.15) is 5.82 Å². The monoisotopic (exact) mass is 312 g/mol. The summed E-state index contributed by atoms with van der Waals surface area (Å²) in [7, 11) is -3.35. The van der Waals surface area contributed by atoms with E-state index < -0.39 is 15.7 Å². The Labute approximate surface area is 122 Å². The van der Waals surface area contributed by atoms with Gasteiger partial charge in [-0.05, 0) is 43.0 Å². The number of hydrogen-bond donors (Lipinski definition) is 2. The summed E-state index contributed by atoms with van der Waals surface area (Å²) in [6, 6.07) is 3.07. The van der Waals surface area contributed by atoms with Crippen molar-refractivity contribution in [3.8, 4) is 0 Å². The fraction of sp³-hybridized carbons (Fsp3) is 0.500. The van der Waals surface area contributed by atoms with Crippen LogP contribution >= 0.6 is 0 Å². The molecule has 1 fully saturated rings. The van der Waals surface area contributed by atoms with E-state index in [1.165, 1.54) is 12.1 Å². The number of carbonyl (C=O) groups is 1. The average molecular weight is 312 g/mol. The Morgan fingerprint density at radius 3 is 2.81 bits per heavy atom. The first-order valence-electron chi connectivity index (χ1n) is 7.03. The summed E-state index contributed by atoms with van der Waals surface area (Å²) in [5.74, 6) is -0.532. The van der Waals surface area contributed by atoms with Crippen molar-refractivity contribution in [1.29, 1.82) is 0 Å². The zero-order valence-electron chi connectivity index (χ0n) is 11.4. The van der Waals surface area contributed by atoms with Gasteiger partial charge in [-0.3, -0.25) is 10.1 Å². The van der Waals surface area contributed by atoms with E-state index in [1.807, 2.05) is 0 Å². The van der Waals surface area contributed by atoms with Crippen LogP contribution < -0.4 is 10.6 Å². The summed E-state index contributed by atoms with van der Waals surface area (Å²) >= 11 is 0. The Morgan fingerprint density at radius 2 is 2.05 bits per heavy atom. The molecule has 7 heteroatoms. The number of rotatable bonds is 2. The molecule has 3 rings (SSSR count). The maximum absolute atomic E-state index is 13.5. The van der Waals surface area contributed by atoms with Crippen LogP contribution in [0.3, 0.4) is 0 Å². The molecule has 1 aromatic carbocycles. The van der Waals surface area contributed by atoms with Gasteiger partial charge in [-0.2, -0.15) is 0 Å². The van der Waals surface area contributed by atoms with Crippen molar-refractivity contribution in [3.63, 3.8) is 0 Å². The second-order valence-electron chi connectivity index (χ2n) is 5.49. The van der Waals surface area contributed by atoms with Crippen LogP contribution in [0.15, 0.2) is 23.1 Å². The molecule has 2 aliphatic heterocycles. The Balaban J connectivity index is 1.91. The molecule has 5 nitrogen and oxygen atoms in total. The van der Waals surface area contributed by atoms with Gasteiger partial charge in [-0.1, -0.05) is 0 Å². The first-order valence-corrected chi connectivity index (χ1v) is 8.68. The second-order valence-corrected chi connectivity index (χ2v) is 7.57. The lowest BCUT2D eigenvalue weighted by atomic mass is 9.99. The van der Waals surface area contributed by atoms with Crippen LogP contribution in [-0.4, -0.2) is 32.7 Å². The van der Waals surface area contributed by atoms with Gasteiger partial charge in [-0.25, -0.2) is 12.8 Å². The average Bonchev–Trinajstić information content (AvgIpc) is 2.44. The van der Waals surface area contributed by atoms with E-state index >= 15 is 0 Å². The fourth-order valence-corrected chi connectivity index (χ4v) is 4.56. The van der Waals surface area contributed by atoms with Crippen LogP contribution in [-0.2, 0) is 14.6 Å². The van der Waals surface area contributed by atoms with E-state index in [-0.39, 0.29) is 28.6 Å². The van der Waals surface area contributed by atoms with E-state index in [0.717, 1.165) is 12.5 Å². The molecule has 1 aromatic rings. The summed E-state index contributed by atoms with van der Waals surface area (Å²) in [5.41, 5.74) is 0.430. The van der Waals surface area contributed by atoms with Gasteiger partial charge in [0.15, 0.2) is 9.84 Å². The highest BCUT2D eigenvalue weighted by molar-refractivity contribution is 7.91. The van der Waals surface area contributed by atoms with Crippen molar-refractivity contribution in [3.05, 3.63) is 29.6 Å². The Morgan fingerprint density at radius 1 is 1.24 bits per heavy atom. The maximum Gasteiger partial charge on any atom is 0.237 e. The number of fused-ring (bicyclic) bond motifs is 1. The van der Waals surface area contributed by atoms with Crippen molar-refractivity contribution in [1.82, 2.24) is 10.6 Å². The Kier molecular flexibility index (Phi) is 3.71. The fourth-order valence-electron chi connectivity index (χ4n) is 2.96. The molecule has 1 saturated heterocycles. The summed E-state index contributed by atoms with van der Waals surface area (Å²) < 4.78 is 37.6. The molecule has 2 unspecified atom stereocenters. The molecule has 0 aromatic heterocycles. The van der Waals surface area contributed by atoms with Crippen molar-refractivity contribution in [2.24, 2.45) is 0 Å². The number of halogens is 1. The number of amides is 1. The van der Waals surface area contributed by atoms with Crippen molar-refractivity contribution >= 4 is 15.7 Å². The number of sulfone groups is 1. The Bertz CT molecular complexity index is 675. The van der Waals surface area contributed by atoms with Gasteiger partial charge in [0.05, 0.1) is 16.7 Å². The minimum atomic E-state index is -3.35. The quantitative estimate of drug-likeness (QED) is 0.796. The smallest absolute Gasteiger partial charge is 0.237 e. The molecule has 114 valence electrons. The summed E-state index contributed by atoms with van der Waals surface area (Å²) in [4.78, 5) is 12.0. The van der Waals surface area contributed by atoms with Crippen molar-refractivity contribution in [2.75, 3.05) is 12.3 Å². The van der Waals surface area contributed by atoms with Crippen LogP contribution in [0.5, 0.6) is 0 Å². The highest BCUT2D eigenvalue weighted by atomic mass is 32.2. The van der Waals surface area contributed by atoms with Crippen LogP contribution in [0, 0.1) is 5.82 Å². The third kappa shape index (κ3) is 2.80. The molecule has 2 aliphatic rings. The first-order chi connectivity index (χ1) is 9.97. The molecule has 21 heavy (non-hydrogen) atoms. The minimum Gasteiger partial charge on any atom is -0.355 e. The summed E-state index contributed by atoms with van der Waals surface area (Å²) in [6.07, 6.45) is 1.94. The van der Waals surface area contributed by atoms with E-state index in [4.69, 9.17) is 0 Å². The molecular formula is C14H17FN2O3S. The number of benzene rings is 1. The molecule has 0 aliphatic carbocycles. The Hall–Kier alpha value is -1.47. The first kappa shape index (κ1) is 14.5. The van der Waals surface area contributed by atoms with E-state index in [1.54, 1.807) is 0 Å². The SMILES string of the molecule is O=C1NCCCC1NC1CCS(=O)(=O)c2ccc(F)cc21. The standard InChI is InChI=1S/C14H17FN2O3S/c15-9-3-4-13-10(8-9)11(5-7-21(13,19)20)17-12-2-1-6-16-14(12)18/h3-4,8,11-12,17H,1-2,5-7H2,(H,16,18). The van der Waals surface area contributed by atoms with Crippen LogP contribution in [0.25, 0.3) is 0 Å². The van der Waals surface area contributed by atoms with Crippen LogP contribution in [0.4, 0.5) is 4.39 Å². The normalized spacial score (nSPS) is 27.8. The van der Waals surface area contributed by atoms with Gasteiger partial charge >= 0.3 is 0 Å². The van der Waals surface area contributed by atoms with E-state index in [9.17, 15) is 17.6 Å².